The number of halogens is 1. The molecule has 2 nitrogen and oxygen atoms in total. The minimum atomic E-state index is -0.384. The minimum Gasteiger partial charge on any atom is -0.327 e. The molecule has 0 N–H and O–H groups in total. The molecule has 3 heteroatoms. The van der Waals surface area contributed by atoms with E-state index in [9.17, 15) is 9.18 Å². The van der Waals surface area contributed by atoms with Crippen molar-refractivity contribution in [1.29, 1.82) is 0 Å². The maximum Gasteiger partial charge on any atom is 0.254 e. The van der Waals surface area contributed by atoms with Gasteiger partial charge in [-0.2, -0.15) is 0 Å². The SMILES string of the molecule is C#CCN(CC1CC1)C(=O)c1cc(C)cc(F)c1. The van der Waals surface area contributed by atoms with Gasteiger partial charge in [-0.05, 0) is 49.4 Å². The molecule has 2 rings (SSSR count). The number of carbonyl (C=O) groups is 1. The third-order valence-electron chi connectivity index (χ3n) is 3.03. The van der Waals surface area contributed by atoms with E-state index in [1.807, 2.05) is 0 Å². The van der Waals surface area contributed by atoms with Crippen LogP contribution in [0, 0.1) is 31.0 Å². The van der Waals surface area contributed by atoms with Gasteiger partial charge in [0.15, 0.2) is 0 Å². The first-order valence-electron chi connectivity index (χ1n) is 6.10. The molecular weight excluding hydrogens is 229 g/mol. The second kappa shape index (κ2) is 5.22. The van der Waals surface area contributed by atoms with Gasteiger partial charge in [0.2, 0.25) is 0 Å². The van der Waals surface area contributed by atoms with Crippen LogP contribution in [0.2, 0.25) is 0 Å². The molecule has 0 aromatic heterocycles. The van der Waals surface area contributed by atoms with Crippen LogP contribution in [-0.4, -0.2) is 23.9 Å². The predicted molar refractivity (Wildman–Crippen MR) is 68.6 cm³/mol. The Morgan fingerprint density at radius 3 is 2.78 bits per heavy atom. The second-order valence-corrected chi connectivity index (χ2v) is 4.85. The summed E-state index contributed by atoms with van der Waals surface area (Å²) in [6, 6.07) is 4.37. The summed E-state index contributed by atoms with van der Waals surface area (Å²) in [6.07, 6.45) is 7.58. The number of rotatable bonds is 4. The van der Waals surface area contributed by atoms with Crippen molar-refractivity contribution in [3.05, 3.63) is 35.1 Å². The first-order chi connectivity index (χ1) is 8.60. The number of amides is 1. The Balaban J connectivity index is 2.18. The van der Waals surface area contributed by atoms with Crippen molar-refractivity contribution >= 4 is 5.91 Å². The van der Waals surface area contributed by atoms with E-state index in [1.165, 1.54) is 12.1 Å². The molecule has 94 valence electrons. The van der Waals surface area contributed by atoms with Crippen molar-refractivity contribution < 1.29 is 9.18 Å². The Morgan fingerprint density at radius 2 is 2.22 bits per heavy atom. The number of hydrogen-bond acceptors (Lipinski definition) is 1. The lowest BCUT2D eigenvalue weighted by Gasteiger charge is -2.20. The van der Waals surface area contributed by atoms with E-state index in [2.05, 4.69) is 5.92 Å². The highest BCUT2D eigenvalue weighted by Crippen LogP contribution is 2.30. The lowest BCUT2D eigenvalue weighted by atomic mass is 10.1. The maximum atomic E-state index is 13.3. The molecule has 1 aliphatic carbocycles. The van der Waals surface area contributed by atoms with Gasteiger partial charge in [-0.25, -0.2) is 4.39 Å². The van der Waals surface area contributed by atoms with Gasteiger partial charge in [-0.1, -0.05) is 5.92 Å². The van der Waals surface area contributed by atoms with E-state index in [-0.39, 0.29) is 18.3 Å². The van der Waals surface area contributed by atoms with E-state index < -0.39 is 0 Å². The molecule has 0 bridgehead atoms. The average molecular weight is 245 g/mol. The summed E-state index contributed by atoms with van der Waals surface area (Å²) >= 11 is 0. The van der Waals surface area contributed by atoms with Gasteiger partial charge in [0, 0.05) is 12.1 Å². The third-order valence-corrected chi connectivity index (χ3v) is 3.03. The molecule has 1 amide bonds. The predicted octanol–water partition coefficient (Wildman–Crippen LogP) is 2.62. The quantitative estimate of drug-likeness (QED) is 0.747. The van der Waals surface area contributed by atoms with Crippen molar-refractivity contribution in [2.24, 2.45) is 5.92 Å². The summed E-state index contributed by atoms with van der Waals surface area (Å²) in [5.74, 6) is 2.50. The Hall–Kier alpha value is -1.82. The third kappa shape index (κ3) is 3.10. The Kier molecular flexibility index (Phi) is 3.66. The van der Waals surface area contributed by atoms with Crippen LogP contribution in [0.25, 0.3) is 0 Å². The highest BCUT2D eigenvalue weighted by atomic mass is 19.1. The normalized spacial score (nSPS) is 14.1. The van der Waals surface area contributed by atoms with E-state index in [0.717, 1.165) is 18.4 Å². The van der Waals surface area contributed by atoms with Crippen LogP contribution in [0.4, 0.5) is 4.39 Å². The topological polar surface area (TPSA) is 20.3 Å². The number of terminal acetylenes is 1. The van der Waals surface area contributed by atoms with E-state index in [4.69, 9.17) is 6.42 Å². The zero-order valence-corrected chi connectivity index (χ0v) is 10.4. The molecule has 18 heavy (non-hydrogen) atoms. The molecule has 0 heterocycles. The molecule has 1 aromatic carbocycles. The summed E-state index contributed by atoms with van der Waals surface area (Å²) in [5, 5.41) is 0. The van der Waals surface area contributed by atoms with Crippen LogP contribution in [0.3, 0.4) is 0 Å². The molecule has 0 radical (unpaired) electrons. The lowest BCUT2D eigenvalue weighted by molar-refractivity contribution is 0.0769. The van der Waals surface area contributed by atoms with Crippen molar-refractivity contribution in [3.63, 3.8) is 0 Å². The van der Waals surface area contributed by atoms with E-state index >= 15 is 0 Å². The number of carbonyl (C=O) groups excluding carboxylic acids is 1. The molecule has 0 aliphatic heterocycles. The summed E-state index contributed by atoms with van der Waals surface area (Å²) in [4.78, 5) is 13.9. The van der Waals surface area contributed by atoms with Gasteiger partial charge in [-0.15, -0.1) is 6.42 Å². The molecule has 0 saturated heterocycles. The monoisotopic (exact) mass is 245 g/mol. The van der Waals surface area contributed by atoms with Crippen molar-refractivity contribution in [3.8, 4) is 12.3 Å². The number of hydrogen-bond donors (Lipinski definition) is 0. The van der Waals surface area contributed by atoms with Gasteiger partial charge in [0.05, 0.1) is 6.54 Å². The highest BCUT2D eigenvalue weighted by Gasteiger charge is 2.27. The second-order valence-electron chi connectivity index (χ2n) is 4.85. The van der Waals surface area contributed by atoms with Gasteiger partial charge in [0.25, 0.3) is 5.91 Å². The fourth-order valence-corrected chi connectivity index (χ4v) is 1.98. The van der Waals surface area contributed by atoms with Crippen molar-refractivity contribution in [1.82, 2.24) is 4.90 Å². The average Bonchev–Trinajstić information content (AvgIpc) is 3.10. The molecule has 0 atom stereocenters. The van der Waals surface area contributed by atoms with Crippen molar-refractivity contribution in [2.45, 2.75) is 19.8 Å². The Morgan fingerprint density at radius 1 is 1.50 bits per heavy atom. The highest BCUT2D eigenvalue weighted by molar-refractivity contribution is 5.94. The first kappa shape index (κ1) is 12.6. The van der Waals surface area contributed by atoms with Crippen LogP contribution in [0.15, 0.2) is 18.2 Å². The Labute approximate surface area is 107 Å². The fourth-order valence-electron chi connectivity index (χ4n) is 1.98. The molecule has 1 aliphatic rings. The lowest BCUT2D eigenvalue weighted by Crippen LogP contribution is -2.33. The van der Waals surface area contributed by atoms with Crippen molar-refractivity contribution in [2.75, 3.05) is 13.1 Å². The zero-order chi connectivity index (χ0) is 13.1. The smallest absolute Gasteiger partial charge is 0.254 e. The summed E-state index contributed by atoms with van der Waals surface area (Å²) in [5.41, 5.74) is 1.12. The summed E-state index contributed by atoms with van der Waals surface area (Å²) < 4.78 is 13.3. The van der Waals surface area contributed by atoms with Gasteiger partial charge >= 0.3 is 0 Å². The van der Waals surface area contributed by atoms with Crippen LogP contribution in [-0.2, 0) is 0 Å². The Bertz CT molecular complexity index is 479. The molecular formula is C15H16FNO. The molecule has 1 saturated carbocycles. The standard InChI is InChI=1S/C15H16FNO/c1-3-6-17(10-12-4-5-12)15(18)13-7-11(2)8-14(16)9-13/h1,7-9,12H,4-6,10H2,2H3. The molecule has 1 fully saturated rings. The van der Waals surface area contributed by atoms with Crippen LogP contribution >= 0.6 is 0 Å². The van der Waals surface area contributed by atoms with E-state index in [1.54, 1.807) is 17.9 Å². The largest absolute Gasteiger partial charge is 0.327 e. The molecule has 1 aromatic rings. The van der Waals surface area contributed by atoms with Crippen LogP contribution < -0.4 is 0 Å². The first-order valence-corrected chi connectivity index (χ1v) is 6.10. The summed E-state index contributed by atoms with van der Waals surface area (Å²) in [7, 11) is 0. The number of aryl methyl sites for hydroxylation is 1. The maximum absolute atomic E-state index is 13.3. The number of benzene rings is 1. The molecule has 0 unspecified atom stereocenters. The summed E-state index contributed by atoms with van der Waals surface area (Å²) in [6.45, 7) is 2.73. The minimum absolute atomic E-state index is 0.178. The fraction of sp³-hybridized carbons (Fsp3) is 0.400. The zero-order valence-electron chi connectivity index (χ0n) is 10.4. The van der Waals surface area contributed by atoms with E-state index in [0.29, 0.717) is 18.0 Å². The van der Waals surface area contributed by atoms with Gasteiger partial charge < -0.3 is 4.90 Å². The van der Waals surface area contributed by atoms with Gasteiger partial charge in [0.1, 0.15) is 5.82 Å². The number of nitrogens with zero attached hydrogens (tertiary/aromatic N) is 1. The van der Waals surface area contributed by atoms with Gasteiger partial charge in [-0.3, -0.25) is 4.79 Å². The molecule has 0 spiro atoms. The van der Waals surface area contributed by atoms with Crippen LogP contribution in [0.5, 0.6) is 0 Å². The van der Waals surface area contributed by atoms with Crippen LogP contribution in [0.1, 0.15) is 28.8 Å².